The molecule has 0 aromatic heterocycles. The van der Waals surface area contributed by atoms with Crippen LogP contribution in [0.25, 0.3) is 0 Å². The lowest BCUT2D eigenvalue weighted by molar-refractivity contribution is -0.121. The summed E-state index contributed by atoms with van der Waals surface area (Å²) >= 11 is 1.36. The average Bonchev–Trinajstić information content (AvgIpc) is 3.49. The molecule has 2 aliphatic heterocycles. The summed E-state index contributed by atoms with van der Waals surface area (Å²) in [5, 5.41) is 8.56. The van der Waals surface area contributed by atoms with Gasteiger partial charge in [-0.3, -0.25) is 19.2 Å². The van der Waals surface area contributed by atoms with Crippen molar-refractivity contribution >= 4 is 51.9 Å². The molecule has 3 N–H and O–H groups in total. The number of nitrogens with one attached hydrogen (secondary N) is 3. The quantitative estimate of drug-likeness (QED) is 0.546. The minimum atomic E-state index is -0.497. The fraction of sp³-hybridized carbons (Fsp3) is 0.320. The van der Waals surface area contributed by atoms with Crippen LogP contribution >= 0.6 is 11.8 Å². The Labute approximate surface area is 207 Å². The molecule has 1 saturated heterocycles. The third-order valence-corrected chi connectivity index (χ3v) is 6.85. The van der Waals surface area contributed by atoms with E-state index in [1.54, 1.807) is 36.4 Å². The Morgan fingerprint density at radius 2 is 1.60 bits per heavy atom. The summed E-state index contributed by atoms with van der Waals surface area (Å²) < 4.78 is 0. The number of thioether (sulfide) groups is 1. The molecule has 4 rings (SSSR count). The zero-order valence-corrected chi connectivity index (χ0v) is 20.2. The molecule has 0 saturated carbocycles. The Hall–Kier alpha value is -3.66. The molecule has 1 atom stereocenters. The van der Waals surface area contributed by atoms with Crippen LogP contribution < -0.4 is 16.0 Å². The van der Waals surface area contributed by atoms with Crippen molar-refractivity contribution in [3.05, 3.63) is 59.7 Å². The van der Waals surface area contributed by atoms with Gasteiger partial charge in [0, 0.05) is 49.9 Å². The molecule has 10 heteroatoms. The molecule has 0 spiro atoms. The first-order valence-corrected chi connectivity index (χ1v) is 12.3. The Morgan fingerprint density at radius 1 is 0.971 bits per heavy atom. The number of anilines is 2. The van der Waals surface area contributed by atoms with Gasteiger partial charge >= 0.3 is 0 Å². The van der Waals surface area contributed by atoms with Crippen molar-refractivity contribution in [2.75, 3.05) is 23.7 Å². The molecule has 2 aliphatic rings. The number of benzene rings is 2. The Bertz CT molecular complexity index is 1140. The molecule has 2 heterocycles. The van der Waals surface area contributed by atoms with Crippen LogP contribution in [-0.2, 0) is 20.9 Å². The molecule has 0 aliphatic carbocycles. The van der Waals surface area contributed by atoms with Crippen molar-refractivity contribution in [1.29, 1.82) is 0 Å². The Morgan fingerprint density at radius 3 is 2.26 bits per heavy atom. The molecule has 35 heavy (non-hydrogen) atoms. The molecule has 1 fully saturated rings. The van der Waals surface area contributed by atoms with Crippen molar-refractivity contribution in [3.63, 3.8) is 0 Å². The van der Waals surface area contributed by atoms with E-state index in [-0.39, 0.29) is 30.0 Å². The summed E-state index contributed by atoms with van der Waals surface area (Å²) in [4.78, 5) is 54.4. The first-order chi connectivity index (χ1) is 16.9. The van der Waals surface area contributed by atoms with Crippen molar-refractivity contribution in [2.45, 2.75) is 38.0 Å². The highest BCUT2D eigenvalue weighted by atomic mass is 32.2. The van der Waals surface area contributed by atoms with Crippen LogP contribution in [0.4, 0.5) is 11.4 Å². The van der Waals surface area contributed by atoms with Gasteiger partial charge in [-0.1, -0.05) is 23.9 Å². The van der Waals surface area contributed by atoms with Crippen molar-refractivity contribution in [1.82, 2.24) is 10.2 Å². The van der Waals surface area contributed by atoms with Crippen molar-refractivity contribution in [2.24, 2.45) is 4.99 Å². The minimum Gasteiger partial charge on any atom is -0.351 e. The van der Waals surface area contributed by atoms with Gasteiger partial charge in [0.2, 0.25) is 11.8 Å². The number of hydrogen-bond acceptors (Lipinski definition) is 6. The fourth-order valence-electron chi connectivity index (χ4n) is 3.83. The van der Waals surface area contributed by atoms with E-state index in [0.29, 0.717) is 23.5 Å². The summed E-state index contributed by atoms with van der Waals surface area (Å²) in [6.45, 7) is 3.60. The van der Waals surface area contributed by atoms with E-state index in [2.05, 4.69) is 25.8 Å². The predicted octanol–water partition coefficient (Wildman–Crippen LogP) is 3.00. The second-order valence-electron chi connectivity index (χ2n) is 8.42. The smallest absolute Gasteiger partial charge is 0.262 e. The molecule has 182 valence electrons. The van der Waals surface area contributed by atoms with Crippen LogP contribution in [0.1, 0.15) is 42.1 Å². The molecular formula is C25H27N5O4S. The van der Waals surface area contributed by atoms with Gasteiger partial charge in [-0.2, -0.15) is 4.99 Å². The lowest BCUT2D eigenvalue weighted by atomic mass is 10.1. The largest absolute Gasteiger partial charge is 0.351 e. The maximum absolute atomic E-state index is 12.5. The monoisotopic (exact) mass is 493 g/mol. The fourth-order valence-corrected chi connectivity index (χ4v) is 4.95. The number of amidine groups is 1. The van der Waals surface area contributed by atoms with Gasteiger partial charge in [-0.15, -0.1) is 0 Å². The van der Waals surface area contributed by atoms with Crippen LogP contribution in [0.2, 0.25) is 0 Å². The maximum Gasteiger partial charge on any atom is 0.262 e. The van der Waals surface area contributed by atoms with Crippen LogP contribution in [0, 0.1) is 0 Å². The molecule has 0 bridgehead atoms. The van der Waals surface area contributed by atoms with Crippen LogP contribution in [0.3, 0.4) is 0 Å². The first kappa shape index (κ1) is 24.5. The molecule has 2 aromatic carbocycles. The number of hydrogen-bond donors (Lipinski definition) is 3. The SMILES string of the molecule is CC(=O)Nc1ccc(CNC(=O)c2ccc(NC(=O)C[C@@H]3SC(N4CCCC4)=NC3=O)cc2)cc1. The second kappa shape index (κ2) is 11.2. The highest BCUT2D eigenvalue weighted by molar-refractivity contribution is 8.15. The van der Waals surface area contributed by atoms with E-state index in [4.69, 9.17) is 0 Å². The number of carbonyl (C=O) groups is 4. The molecule has 0 radical (unpaired) electrons. The van der Waals surface area contributed by atoms with Crippen LogP contribution in [0.5, 0.6) is 0 Å². The van der Waals surface area contributed by atoms with Gasteiger partial charge in [0.05, 0.1) is 0 Å². The number of carbonyl (C=O) groups excluding carboxylic acids is 4. The lowest BCUT2D eigenvalue weighted by Crippen LogP contribution is -2.25. The second-order valence-corrected chi connectivity index (χ2v) is 9.59. The van der Waals surface area contributed by atoms with Gasteiger partial charge in [0.1, 0.15) is 5.25 Å². The summed E-state index contributed by atoms with van der Waals surface area (Å²) in [5.41, 5.74) is 2.60. The highest BCUT2D eigenvalue weighted by Gasteiger charge is 2.33. The first-order valence-electron chi connectivity index (χ1n) is 11.5. The number of rotatable bonds is 7. The third-order valence-electron chi connectivity index (χ3n) is 5.63. The summed E-state index contributed by atoms with van der Waals surface area (Å²) in [6, 6.07) is 13.8. The van der Waals surface area contributed by atoms with Gasteiger partial charge in [-0.25, -0.2) is 0 Å². The molecular weight excluding hydrogens is 466 g/mol. The summed E-state index contributed by atoms with van der Waals surface area (Å²) in [5.74, 6) is -0.914. The molecule has 2 aromatic rings. The zero-order chi connectivity index (χ0) is 24.8. The van der Waals surface area contributed by atoms with E-state index >= 15 is 0 Å². The zero-order valence-electron chi connectivity index (χ0n) is 19.4. The van der Waals surface area contributed by atoms with Gasteiger partial charge < -0.3 is 20.9 Å². The standard InChI is InChI=1S/C25H27N5O4S/c1-16(31)27-19-8-4-17(5-9-19)15-26-23(33)18-6-10-20(11-7-18)28-22(32)14-21-24(34)29-25(35-21)30-12-2-3-13-30/h4-11,21H,2-3,12-15H2,1H3,(H,26,33)(H,27,31)(H,28,32)/t21-/m0/s1. The minimum absolute atomic E-state index is 0.0489. The van der Waals surface area contributed by atoms with E-state index in [1.165, 1.54) is 18.7 Å². The number of amides is 4. The number of nitrogens with zero attached hydrogens (tertiary/aromatic N) is 2. The molecule has 0 unspecified atom stereocenters. The predicted molar refractivity (Wildman–Crippen MR) is 136 cm³/mol. The Kier molecular flexibility index (Phi) is 7.81. The average molecular weight is 494 g/mol. The van der Waals surface area contributed by atoms with E-state index in [9.17, 15) is 19.2 Å². The summed E-state index contributed by atoms with van der Waals surface area (Å²) in [6.07, 6.45) is 2.24. The lowest BCUT2D eigenvalue weighted by Gasteiger charge is -2.16. The summed E-state index contributed by atoms with van der Waals surface area (Å²) in [7, 11) is 0. The normalized spacial score (nSPS) is 17.2. The van der Waals surface area contributed by atoms with Crippen molar-refractivity contribution < 1.29 is 19.2 Å². The van der Waals surface area contributed by atoms with E-state index in [1.807, 2.05) is 12.1 Å². The maximum atomic E-state index is 12.5. The van der Waals surface area contributed by atoms with Gasteiger partial charge in [-0.05, 0) is 54.8 Å². The number of likely N-dealkylation sites (tertiary alicyclic amines) is 1. The van der Waals surface area contributed by atoms with E-state index in [0.717, 1.165) is 36.7 Å². The Balaban J connectivity index is 1.23. The molecule has 9 nitrogen and oxygen atoms in total. The third kappa shape index (κ3) is 6.69. The van der Waals surface area contributed by atoms with Crippen LogP contribution in [0.15, 0.2) is 53.5 Å². The topological polar surface area (TPSA) is 120 Å². The van der Waals surface area contributed by atoms with E-state index < -0.39 is 5.25 Å². The van der Waals surface area contributed by atoms with Gasteiger partial charge in [0.25, 0.3) is 11.8 Å². The molecule has 4 amide bonds. The number of aliphatic imine (C=N–C) groups is 1. The van der Waals surface area contributed by atoms with Crippen LogP contribution in [-0.4, -0.2) is 52.0 Å². The van der Waals surface area contributed by atoms with Gasteiger partial charge in [0.15, 0.2) is 5.17 Å². The highest BCUT2D eigenvalue weighted by Crippen LogP contribution is 2.29. The van der Waals surface area contributed by atoms with Crippen molar-refractivity contribution in [3.8, 4) is 0 Å².